The maximum Gasteiger partial charge on any atom is 0.255 e. The molecule has 5 heteroatoms. The van der Waals surface area contributed by atoms with Gasteiger partial charge in [-0.05, 0) is 66.3 Å². The van der Waals surface area contributed by atoms with Crippen molar-refractivity contribution in [3.8, 4) is 0 Å². The third-order valence-corrected chi connectivity index (χ3v) is 5.82. The molecule has 0 bridgehead atoms. The molecule has 164 valence electrons. The molecule has 1 aliphatic rings. The number of fused-ring (bicyclic) bond motifs is 1. The molecule has 2 heterocycles. The lowest BCUT2D eigenvalue weighted by Crippen LogP contribution is -2.30. The molecule has 0 spiro atoms. The number of pyridine rings is 1. The summed E-state index contributed by atoms with van der Waals surface area (Å²) >= 11 is 0. The van der Waals surface area contributed by atoms with E-state index < -0.39 is 0 Å². The molecule has 0 aliphatic carbocycles. The number of aryl methyl sites for hydroxylation is 1. The van der Waals surface area contributed by atoms with Crippen LogP contribution in [0.4, 0.5) is 11.4 Å². The molecule has 0 atom stereocenters. The predicted molar refractivity (Wildman–Crippen MR) is 128 cm³/mol. The van der Waals surface area contributed by atoms with E-state index >= 15 is 0 Å². The Bertz CT molecular complexity index is 1160. The van der Waals surface area contributed by atoms with Crippen LogP contribution in [-0.4, -0.2) is 23.3 Å². The third kappa shape index (κ3) is 4.57. The lowest BCUT2D eigenvalue weighted by molar-refractivity contribution is -0.117. The van der Waals surface area contributed by atoms with Crippen LogP contribution in [0.3, 0.4) is 0 Å². The van der Waals surface area contributed by atoms with Gasteiger partial charge in [0.1, 0.15) is 0 Å². The molecule has 4 rings (SSSR count). The predicted octanol–water partition coefficient (Wildman–Crippen LogP) is 5.07. The number of nitrogens with one attached hydrogen (secondary N) is 1. The molecule has 5 nitrogen and oxygen atoms in total. The number of carbonyl (C=O) groups is 2. The van der Waals surface area contributed by atoms with Gasteiger partial charge >= 0.3 is 0 Å². The van der Waals surface area contributed by atoms with Crippen molar-refractivity contribution in [2.75, 3.05) is 16.8 Å². The van der Waals surface area contributed by atoms with Gasteiger partial charge in [-0.1, -0.05) is 44.5 Å². The summed E-state index contributed by atoms with van der Waals surface area (Å²) in [5, 5.41) is 3.05. The van der Waals surface area contributed by atoms with Gasteiger partial charge in [0.2, 0.25) is 5.91 Å². The van der Waals surface area contributed by atoms with Crippen molar-refractivity contribution >= 4 is 23.2 Å². The minimum absolute atomic E-state index is 0.0358. The van der Waals surface area contributed by atoms with E-state index in [0.717, 1.165) is 40.2 Å². The molecule has 2 aromatic carbocycles. The van der Waals surface area contributed by atoms with Crippen LogP contribution in [0.25, 0.3) is 0 Å². The van der Waals surface area contributed by atoms with Gasteiger partial charge in [0.05, 0.1) is 6.42 Å². The second-order valence-corrected chi connectivity index (χ2v) is 9.39. The molecule has 0 radical (unpaired) electrons. The van der Waals surface area contributed by atoms with Crippen LogP contribution < -0.4 is 10.2 Å². The number of anilines is 2. The highest BCUT2D eigenvalue weighted by molar-refractivity contribution is 6.06. The minimum Gasteiger partial charge on any atom is -0.322 e. The Labute approximate surface area is 189 Å². The summed E-state index contributed by atoms with van der Waals surface area (Å²) in [6.07, 6.45) is 2.75. The number of benzene rings is 2. The Kier molecular flexibility index (Phi) is 5.83. The summed E-state index contributed by atoms with van der Waals surface area (Å²) in [5.41, 5.74) is 6.21. The minimum atomic E-state index is -0.134. The molecule has 0 unspecified atom stereocenters. The first-order chi connectivity index (χ1) is 15.2. The standard InChI is InChI=1S/C27H29N3O2/c1-18-8-10-22(23(15-18)27(2,3)4)26(32)29-21-9-11-24-19(16-21)12-14-30(24)25(31)17-20-7-5-6-13-28-20/h5-11,13,15-16H,12,14,17H2,1-4H3,(H,29,32). The molecular weight excluding hydrogens is 398 g/mol. The topological polar surface area (TPSA) is 62.3 Å². The lowest BCUT2D eigenvalue weighted by Gasteiger charge is -2.23. The SMILES string of the molecule is Cc1ccc(C(=O)Nc2ccc3c(c2)CCN3C(=O)Cc2ccccn2)c(C(C)(C)C)c1. The molecule has 2 amide bonds. The number of hydrogen-bond acceptors (Lipinski definition) is 3. The smallest absolute Gasteiger partial charge is 0.255 e. The van der Waals surface area contributed by atoms with E-state index in [1.54, 1.807) is 6.20 Å². The van der Waals surface area contributed by atoms with E-state index in [-0.39, 0.29) is 23.7 Å². The quantitative estimate of drug-likeness (QED) is 0.632. The Morgan fingerprint density at radius 1 is 1.06 bits per heavy atom. The summed E-state index contributed by atoms with van der Waals surface area (Å²) in [4.78, 5) is 32.0. The summed E-state index contributed by atoms with van der Waals surface area (Å²) in [5.74, 6) is -0.0790. The summed E-state index contributed by atoms with van der Waals surface area (Å²) in [6.45, 7) is 9.03. The first kappa shape index (κ1) is 21.8. The molecule has 1 aliphatic heterocycles. The van der Waals surface area contributed by atoms with Gasteiger partial charge in [-0.3, -0.25) is 14.6 Å². The maximum absolute atomic E-state index is 13.1. The van der Waals surface area contributed by atoms with E-state index in [4.69, 9.17) is 0 Å². The highest BCUT2D eigenvalue weighted by Gasteiger charge is 2.26. The summed E-state index contributed by atoms with van der Waals surface area (Å²) in [7, 11) is 0. The highest BCUT2D eigenvalue weighted by Crippen LogP contribution is 2.32. The number of amides is 2. The summed E-state index contributed by atoms with van der Waals surface area (Å²) in [6, 6.07) is 17.3. The Morgan fingerprint density at radius 2 is 1.88 bits per heavy atom. The molecule has 1 aromatic heterocycles. The number of rotatable bonds is 4. The van der Waals surface area contributed by atoms with Crippen LogP contribution in [-0.2, 0) is 23.1 Å². The molecule has 0 fully saturated rings. The largest absolute Gasteiger partial charge is 0.322 e. The second-order valence-electron chi connectivity index (χ2n) is 9.39. The van der Waals surface area contributed by atoms with Gasteiger partial charge in [0.25, 0.3) is 5.91 Å². The number of hydrogen-bond donors (Lipinski definition) is 1. The molecule has 3 aromatic rings. The van der Waals surface area contributed by atoms with Gasteiger partial charge < -0.3 is 10.2 Å². The first-order valence-corrected chi connectivity index (χ1v) is 11.0. The third-order valence-electron chi connectivity index (χ3n) is 5.82. The van der Waals surface area contributed by atoms with Gasteiger partial charge in [0.15, 0.2) is 0 Å². The normalized spacial score (nSPS) is 13.1. The Balaban J connectivity index is 1.51. The van der Waals surface area contributed by atoms with E-state index in [9.17, 15) is 9.59 Å². The van der Waals surface area contributed by atoms with Crippen LogP contribution in [0.5, 0.6) is 0 Å². The molecule has 0 saturated heterocycles. The van der Waals surface area contributed by atoms with Crippen LogP contribution in [0.2, 0.25) is 0 Å². The van der Waals surface area contributed by atoms with Gasteiger partial charge in [-0.25, -0.2) is 0 Å². The first-order valence-electron chi connectivity index (χ1n) is 11.0. The van der Waals surface area contributed by atoms with Crippen molar-refractivity contribution in [2.24, 2.45) is 0 Å². The van der Waals surface area contributed by atoms with Crippen molar-refractivity contribution in [2.45, 2.75) is 46.0 Å². The van der Waals surface area contributed by atoms with Crippen LogP contribution in [0.15, 0.2) is 60.8 Å². The van der Waals surface area contributed by atoms with Crippen molar-refractivity contribution in [3.05, 3.63) is 88.7 Å². The fraction of sp³-hybridized carbons (Fsp3) is 0.296. The fourth-order valence-corrected chi connectivity index (χ4v) is 4.17. The van der Waals surface area contributed by atoms with Crippen molar-refractivity contribution in [1.29, 1.82) is 0 Å². The van der Waals surface area contributed by atoms with Crippen LogP contribution in [0, 0.1) is 6.92 Å². The Hall–Kier alpha value is -3.47. The average Bonchev–Trinajstić information content (AvgIpc) is 3.17. The van der Waals surface area contributed by atoms with E-state index in [0.29, 0.717) is 12.1 Å². The Morgan fingerprint density at radius 3 is 2.59 bits per heavy atom. The molecule has 32 heavy (non-hydrogen) atoms. The number of aromatic nitrogens is 1. The van der Waals surface area contributed by atoms with Crippen molar-refractivity contribution in [1.82, 2.24) is 4.98 Å². The maximum atomic E-state index is 13.1. The van der Waals surface area contributed by atoms with Crippen LogP contribution in [0.1, 0.15) is 53.5 Å². The zero-order chi connectivity index (χ0) is 22.9. The summed E-state index contributed by atoms with van der Waals surface area (Å²) < 4.78 is 0. The monoisotopic (exact) mass is 427 g/mol. The van der Waals surface area contributed by atoms with E-state index in [1.165, 1.54) is 0 Å². The zero-order valence-corrected chi connectivity index (χ0v) is 19.1. The second kappa shape index (κ2) is 8.58. The molecular formula is C27H29N3O2. The van der Waals surface area contributed by atoms with Gasteiger partial charge in [-0.15, -0.1) is 0 Å². The van der Waals surface area contributed by atoms with Crippen molar-refractivity contribution < 1.29 is 9.59 Å². The number of carbonyl (C=O) groups excluding carboxylic acids is 2. The van der Waals surface area contributed by atoms with Crippen molar-refractivity contribution in [3.63, 3.8) is 0 Å². The molecule has 0 saturated carbocycles. The molecule has 1 N–H and O–H groups in total. The lowest BCUT2D eigenvalue weighted by atomic mass is 9.82. The van der Waals surface area contributed by atoms with Crippen LogP contribution >= 0.6 is 0 Å². The van der Waals surface area contributed by atoms with Gasteiger partial charge in [0, 0.05) is 35.4 Å². The van der Waals surface area contributed by atoms with Gasteiger partial charge in [-0.2, -0.15) is 0 Å². The average molecular weight is 428 g/mol. The fourth-order valence-electron chi connectivity index (χ4n) is 4.17. The van der Waals surface area contributed by atoms with E-state index in [1.807, 2.05) is 60.4 Å². The number of nitrogens with zero attached hydrogens (tertiary/aromatic N) is 2. The van der Waals surface area contributed by atoms with E-state index in [2.05, 4.69) is 37.1 Å². The zero-order valence-electron chi connectivity index (χ0n) is 19.1. The highest BCUT2D eigenvalue weighted by atomic mass is 16.2.